The van der Waals surface area contributed by atoms with Crippen molar-refractivity contribution in [3.63, 3.8) is 0 Å². The first-order valence-corrected chi connectivity index (χ1v) is 12.7. The van der Waals surface area contributed by atoms with Crippen molar-refractivity contribution in [2.45, 2.75) is 39.3 Å². The van der Waals surface area contributed by atoms with Crippen LogP contribution in [0.5, 0.6) is 0 Å². The molecule has 2 heterocycles. The second kappa shape index (κ2) is 9.82. The predicted octanol–water partition coefficient (Wildman–Crippen LogP) is 4.43. The van der Waals surface area contributed by atoms with Gasteiger partial charge in [0.25, 0.3) is 0 Å². The summed E-state index contributed by atoms with van der Waals surface area (Å²) in [6.45, 7) is 5.71. The Morgan fingerprint density at radius 3 is 2.42 bits per heavy atom. The van der Waals surface area contributed by atoms with Crippen molar-refractivity contribution in [3.05, 3.63) is 64.5 Å². The zero-order chi connectivity index (χ0) is 24.4. The number of hydrogen-bond acceptors (Lipinski definition) is 5. The van der Waals surface area contributed by atoms with Crippen molar-refractivity contribution in [1.29, 1.82) is 0 Å². The van der Waals surface area contributed by atoms with Crippen LogP contribution in [0.3, 0.4) is 0 Å². The van der Waals surface area contributed by atoms with E-state index in [2.05, 4.69) is 25.5 Å². The molecule has 1 aromatic carbocycles. The van der Waals surface area contributed by atoms with Crippen LogP contribution in [-0.2, 0) is 27.9 Å². The highest BCUT2D eigenvalue weighted by atomic mass is 79.9. The van der Waals surface area contributed by atoms with Crippen molar-refractivity contribution in [1.82, 2.24) is 18.2 Å². The van der Waals surface area contributed by atoms with Crippen molar-refractivity contribution in [2.24, 2.45) is 0 Å². The molecule has 0 bridgehead atoms. The molecule has 0 aliphatic carbocycles. The largest absolute Gasteiger partial charge is 0.443 e. The number of nitrogens with zero attached hydrogens (tertiary/aromatic N) is 4. The molecule has 0 aliphatic heterocycles. The monoisotopic (exact) mass is 536 g/mol. The predicted molar refractivity (Wildman–Crippen MR) is 132 cm³/mol. The Hall–Kier alpha value is -2.43. The first-order valence-electron chi connectivity index (χ1n) is 10.5. The normalized spacial score (nSPS) is 12.3. The maximum Gasteiger partial charge on any atom is 0.425 e. The van der Waals surface area contributed by atoms with E-state index in [-0.39, 0.29) is 6.54 Å². The standard InChI is InChI=1S/C23H29BrN4O4S/c1-23(2,3)32-22(29)28(33(30,31)26(4)5)13-10-18-16-27(15-17-8-11-25-12-9-17)21-14-19(24)6-7-20(18)21/h6-9,11-12,14,16H,10,13,15H2,1-5H3. The van der Waals surface area contributed by atoms with Gasteiger partial charge < -0.3 is 9.30 Å². The van der Waals surface area contributed by atoms with Gasteiger partial charge in [0.15, 0.2) is 0 Å². The molecule has 1 amide bonds. The summed E-state index contributed by atoms with van der Waals surface area (Å²) in [6.07, 6.45) is 4.96. The molecule has 3 rings (SSSR count). The van der Waals surface area contributed by atoms with E-state index in [0.717, 1.165) is 35.1 Å². The molecule has 178 valence electrons. The smallest absolute Gasteiger partial charge is 0.425 e. The number of carbonyl (C=O) groups is 1. The van der Waals surface area contributed by atoms with Crippen LogP contribution < -0.4 is 0 Å². The molecular weight excluding hydrogens is 508 g/mol. The van der Waals surface area contributed by atoms with Crippen LogP contribution in [0.4, 0.5) is 4.79 Å². The number of carbonyl (C=O) groups excluding carboxylic acids is 1. The maximum atomic E-state index is 12.9. The van der Waals surface area contributed by atoms with Crippen LogP contribution in [-0.4, -0.2) is 58.9 Å². The summed E-state index contributed by atoms with van der Waals surface area (Å²) in [5.74, 6) is 0. The van der Waals surface area contributed by atoms with Gasteiger partial charge in [-0.2, -0.15) is 17.0 Å². The van der Waals surface area contributed by atoms with E-state index in [0.29, 0.717) is 13.0 Å². The van der Waals surface area contributed by atoms with Gasteiger partial charge in [0.2, 0.25) is 0 Å². The molecule has 0 radical (unpaired) electrons. The number of halogens is 1. The summed E-state index contributed by atoms with van der Waals surface area (Å²) in [6, 6.07) is 9.89. The SMILES string of the molecule is CN(C)S(=O)(=O)N(CCc1cn(Cc2ccncc2)c2cc(Br)ccc12)C(=O)OC(C)(C)C. The molecule has 0 unspecified atom stereocenters. The summed E-state index contributed by atoms with van der Waals surface area (Å²) in [5.41, 5.74) is 2.23. The molecule has 0 N–H and O–H groups in total. The van der Waals surface area contributed by atoms with Crippen LogP contribution in [0.25, 0.3) is 10.9 Å². The number of amides is 1. The van der Waals surface area contributed by atoms with Gasteiger partial charge >= 0.3 is 16.3 Å². The van der Waals surface area contributed by atoms with E-state index < -0.39 is 21.9 Å². The summed E-state index contributed by atoms with van der Waals surface area (Å²) in [5, 5.41) is 0.999. The topological polar surface area (TPSA) is 84.7 Å². The Bertz CT molecular complexity index is 1230. The molecule has 2 aromatic heterocycles. The number of pyridine rings is 1. The Morgan fingerprint density at radius 2 is 1.82 bits per heavy atom. The first-order chi connectivity index (χ1) is 15.4. The van der Waals surface area contributed by atoms with Crippen LogP contribution in [0, 0.1) is 0 Å². The average Bonchev–Trinajstić information content (AvgIpc) is 3.04. The highest BCUT2D eigenvalue weighted by molar-refractivity contribution is 9.10. The lowest BCUT2D eigenvalue weighted by atomic mass is 10.1. The van der Waals surface area contributed by atoms with Crippen LogP contribution in [0.2, 0.25) is 0 Å². The lowest BCUT2D eigenvalue weighted by molar-refractivity contribution is 0.0385. The van der Waals surface area contributed by atoms with Crippen LogP contribution in [0.15, 0.2) is 53.4 Å². The van der Waals surface area contributed by atoms with E-state index in [1.54, 1.807) is 33.2 Å². The van der Waals surface area contributed by atoms with Crippen molar-refractivity contribution in [2.75, 3.05) is 20.6 Å². The molecule has 0 aliphatic rings. The van der Waals surface area contributed by atoms with Crippen molar-refractivity contribution in [3.8, 4) is 0 Å². The summed E-state index contributed by atoms with van der Waals surface area (Å²) in [7, 11) is -1.22. The second-order valence-electron chi connectivity index (χ2n) is 8.89. The number of rotatable bonds is 7. The van der Waals surface area contributed by atoms with Gasteiger partial charge in [0.05, 0.1) is 0 Å². The number of benzene rings is 1. The fourth-order valence-corrected chi connectivity index (χ4v) is 4.68. The Balaban J connectivity index is 1.94. The summed E-state index contributed by atoms with van der Waals surface area (Å²) >= 11 is 3.53. The van der Waals surface area contributed by atoms with Crippen LogP contribution in [0.1, 0.15) is 31.9 Å². The minimum absolute atomic E-state index is 0.0418. The molecule has 0 saturated carbocycles. The Morgan fingerprint density at radius 1 is 1.15 bits per heavy atom. The molecule has 0 saturated heterocycles. The lowest BCUT2D eigenvalue weighted by Crippen LogP contribution is -2.46. The van der Waals surface area contributed by atoms with Crippen molar-refractivity contribution >= 4 is 43.1 Å². The average molecular weight is 537 g/mol. The Labute approximate surface area is 203 Å². The minimum Gasteiger partial charge on any atom is -0.443 e. The first kappa shape index (κ1) is 25.2. The molecule has 33 heavy (non-hydrogen) atoms. The van der Waals surface area contributed by atoms with Gasteiger partial charge in [-0.05, 0) is 62.6 Å². The quantitative estimate of drug-likeness (QED) is 0.445. The third-order valence-corrected chi connectivity index (χ3v) is 7.26. The molecule has 0 spiro atoms. The van der Waals surface area contributed by atoms with Gasteiger partial charge in [0, 0.05) is 61.2 Å². The fourth-order valence-electron chi connectivity index (χ4n) is 3.39. The van der Waals surface area contributed by atoms with Crippen molar-refractivity contribution < 1.29 is 17.9 Å². The third kappa shape index (κ3) is 6.13. The van der Waals surface area contributed by atoms with Gasteiger partial charge in [-0.3, -0.25) is 4.98 Å². The molecular formula is C23H29BrN4O4S. The highest BCUT2D eigenvalue weighted by Gasteiger charge is 2.33. The molecule has 10 heteroatoms. The van der Waals surface area contributed by atoms with Gasteiger partial charge in [-0.1, -0.05) is 22.0 Å². The van der Waals surface area contributed by atoms with E-state index in [9.17, 15) is 13.2 Å². The third-order valence-electron chi connectivity index (χ3n) is 4.95. The zero-order valence-corrected chi connectivity index (χ0v) is 21.9. The molecule has 3 aromatic rings. The Kier molecular flexibility index (Phi) is 7.50. The van der Waals surface area contributed by atoms with E-state index in [1.807, 2.05) is 36.5 Å². The second-order valence-corrected chi connectivity index (χ2v) is 11.9. The number of aromatic nitrogens is 2. The number of hydrogen-bond donors (Lipinski definition) is 0. The van der Waals surface area contributed by atoms with E-state index >= 15 is 0 Å². The zero-order valence-electron chi connectivity index (χ0n) is 19.4. The van der Waals surface area contributed by atoms with Gasteiger partial charge in [-0.15, -0.1) is 0 Å². The molecule has 0 atom stereocenters. The lowest BCUT2D eigenvalue weighted by Gasteiger charge is -2.28. The highest BCUT2D eigenvalue weighted by Crippen LogP contribution is 2.27. The fraction of sp³-hybridized carbons (Fsp3) is 0.391. The van der Waals surface area contributed by atoms with E-state index in [4.69, 9.17) is 4.74 Å². The van der Waals surface area contributed by atoms with Crippen LogP contribution >= 0.6 is 15.9 Å². The molecule has 8 nitrogen and oxygen atoms in total. The van der Waals surface area contributed by atoms with Gasteiger partial charge in [-0.25, -0.2) is 4.79 Å². The van der Waals surface area contributed by atoms with E-state index in [1.165, 1.54) is 14.1 Å². The molecule has 0 fully saturated rings. The number of fused-ring (bicyclic) bond motifs is 1. The summed E-state index contributed by atoms with van der Waals surface area (Å²) < 4.78 is 36.0. The maximum absolute atomic E-state index is 12.9. The summed E-state index contributed by atoms with van der Waals surface area (Å²) in [4.78, 5) is 16.8. The minimum atomic E-state index is -4.01. The van der Waals surface area contributed by atoms with Gasteiger partial charge in [0.1, 0.15) is 5.60 Å². The number of ether oxygens (including phenoxy) is 1.